The van der Waals surface area contributed by atoms with Gasteiger partial charge in [0.25, 0.3) is 0 Å². The van der Waals surface area contributed by atoms with Crippen molar-refractivity contribution in [2.24, 2.45) is 0 Å². The largest absolute Gasteiger partial charge is 0.264 e. The maximum atomic E-state index is 3.93. The van der Waals surface area contributed by atoms with Crippen LogP contribution in [0.4, 0.5) is 0 Å². The van der Waals surface area contributed by atoms with Crippen LogP contribution >= 0.6 is 0 Å². The molecule has 0 N–H and O–H groups in total. The molecule has 3 nitrogen and oxygen atoms in total. The van der Waals surface area contributed by atoms with Gasteiger partial charge in [-0.15, -0.1) is 10.2 Å². The zero-order valence-electron chi connectivity index (χ0n) is 5.15. The topological polar surface area (TPSA) is 38.7 Å². The van der Waals surface area contributed by atoms with E-state index in [9.17, 15) is 0 Å². The lowest BCUT2D eigenvalue weighted by atomic mass is 10.3. The van der Waals surface area contributed by atoms with Crippen molar-refractivity contribution < 1.29 is 0 Å². The molecule has 3 heteroatoms. The molecule has 47 valence electrons. The SMILES string of the molecule is [c]1cc2cnccc2nn1. The second kappa shape index (κ2) is 2.02. The molecule has 0 aliphatic carbocycles. The van der Waals surface area contributed by atoms with Crippen molar-refractivity contribution in [3.8, 4) is 0 Å². The minimum Gasteiger partial charge on any atom is -0.264 e. The van der Waals surface area contributed by atoms with E-state index in [-0.39, 0.29) is 0 Å². The Morgan fingerprint density at radius 3 is 3.30 bits per heavy atom. The van der Waals surface area contributed by atoms with E-state index in [1.54, 1.807) is 18.5 Å². The van der Waals surface area contributed by atoms with Crippen LogP contribution in [0.15, 0.2) is 24.5 Å². The summed E-state index contributed by atoms with van der Waals surface area (Å²) >= 11 is 0. The van der Waals surface area contributed by atoms with Gasteiger partial charge >= 0.3 is 0 Å². The Morgan fingerprint density at radius 2 is 2.40 bits per heavy atom. The average molecular weight is 130 g/mol. The Bertz CT molecular complexity index is 280. The van der Waals surface area contributed by atoms with E-state index in [0.29, 0.717) is 0 Å². The van der Waals surface area contributed by atoms with Crippen LogP contribution < -0.4 is 0 Å². The lowest BCUT2D eigenvalue weighted by Crippen LogP contribution is -1.82. The molecule has 0 amide bonds. The molecule has 0 aliphatic heterocycles. The van der Waals surface area contributed by atoms with E-state index >= 15 is 0 Å². The number of aromatic nitrogens is 3. The summed E-state index contributed by atoms with van der Waals surface area (Å²) < 4.78 is 0. The van der Waals surface area contributed by atoms with Crippen molar-refractivity contribution >= 4 is 10.9 Å². The predicted molar refractivity (Wildman–Crippen MR) is 36.2 cm³/mol. The summed E-state index contributed by atoms with van der Waals surface area (Å²) in [4.78, 5) is 3.93. The molecule has 1 radical (unpaired) electrons. The third kappa shape index (κ3) is 0.719. The lowest BCUT2D eigenvalue weighted by molar-refractivity contribution is 1.06. The van der Waals surface area contributed by atoms with Crippen LogP contribution in [0, 0.1) is 6.20 Å². The molecule has 0 saturated heterocycles. The van der Waals surface area contributed by atoms with Gasteiger partial charge in [0.2, 0.25) is 0 Å². The van der Waals surface area contributed by atoms with Crippen LogP contribution in [0.1, 0.15) is 0 Å². The van der Waals surface area contributed by atoms with E-state index in [0.717, 1.165) is 10.9 Å². The van der Waals surface area contributed by atoms with E-state index in [4.69, 9.17) is 0 Å². The fraction of sp³-hybridized carbons (Fsp3) is 0. The Hall–Kier alpha value is -1.51. The minimum atomic E-state index is 0.855. The van der Waals surface area contributed by atoms with E-state index in [1.807, 2.05) is 6.07 Å². The first-order valence-corrected chi connectivity index (χ1v) is 2.90. The van der Waals surface area contributed by atoms with Gasteiger partial charge in [-0.05, 0) is 12.1 Å². The molecule has 10 heavy (non-hydrogen) atoms. The highest BCUT2D eigenvalue weighted by molar-refractivity contribution is 5.75. The van der Waals surface area contributed by atoms with Gasteiger partial charge in [0, 0.05) is 17.8 Å². The number of hydrogen-bond donors (Lipinski definition) is 0. The van der Waals surface area contributed by atoms with Crippen LogP contribution in [0.2, 0.25) is 0 Å². The molecule has 2 aromatic heterocycles. The molecule has 2 heterocycles. The summed E-state index contributed by atoms with van der Waals surface area (Å²) in [6.07, 6.45) is 6.06. The van der Waals surface area contributed by atoms with Crippen LogP contribution in [0.5, 0.6) is 0 Å². The number of fused-ring (bicyclic) bond motifs is 1. The lowest BCUT2D eigenvalue weighted by Gasteiger charge is -1.89. The number of hydrogen-bond acceptors (Lipinski definition) is 3. The van der Waals surface area contributed by atoms with Crippen LogP contribution in [0.3, 0.4) is 0 Å². The molecule has 0 saturated carbocycles. The van der Waals surface area contributed by atoms with E-state index in [2.05, 4.69) is 21.4 Å². The van der Waals surface area contributed by atoms with Crippen LogP contribution in [0.25, 0.3) is 10.9 Å². The number of nitrogens with zero attached hydrogens (tertiary/aromatic N) is 3. The maximum absolute atomic E-state index is 3.93. The Morgan fingerprint density at radius 1 is 1.40 bits per heavy atom. The van der Waals surface area contributed by atoms with Gasteiger partial charge in [0.05, 0.1) is 5.52 Å². The summed E-state index contributed by atoms with van der Waals surface area (Å²) in [7, 11) is 0. The van der Waals surface area contributed by atoms with Crippen LogP contribution in [-0.4, -0.2) is 15.2 Å². The number of pyridine rings is 1. The third-order valence-electron chi connectivity index (χ3n) is 1.26. The fourth-order valence-electron chi connectivity index (χ4n) is 0.783. The zero-order chi connectivity index (χ0) is 6.81. The van der Waals surface area contributed by atoms with Gasteiger partial charge in [-0.1, -0.05) is 0 Å². The first kappa shape index (κ1) is 5.29. The second-order valence-electron chi connectivity index (χ2n) is 1.91. The quantitative estimate of drug-likeness (QED) is 0.530. The van der Waals surface area contributed by atoms with E-state index < -0.39 is 0 Å². The van der Waals surface area contributed by atoms with Crippen molar-refractivity contribution in [3.05, 3.63) is 30.7 Å². The molecular weight excluding hydrogens is 126 g/mol. The second-order valence-corrected chi connectivity index (χ2v) is 1.91. The molecule has 0 spiro atoms. The molecular formula is C7H4N3. The molecule has 2 aromatic rings. The van der Waals surface area contributed by atoms with Crippen LogP contribution in [-0.2, 0) is 0 Å². The highest BCUT2D eigenvalue weighted by Crippen LogP contribution is 2.04. The van der Waals surface area contributed by atoms with Gasteiger partial charge in [-0.25, -0.2) is 0 Å². The summed E-state index contributed by atoms with van der Waals surface area (Å²) in [5, 5.41) is 8.42. The molecule has 0 aliphatic rings. The molecule has 0 unspecified atom stereocenters. The van der Waals surface area contributed by atoms with Gasteiger partial charge in [0.15, 0.2) is 0 Å². The molecule has 2 rings (SSSR count). The third-order valence-corrected chi connectivity index (χ3v) is 1.26. The van der Waals surface area contributed by atoms with Crippen molar-refractivity contribution in [1.82, 2.24) is 15.2 Å². The van der Waals surface area contributed by atoms with Crippen molar-refractivity contribution in [1.29, 1.82) is 0 Å². The standard InChI is InChI=1S/C7H4N3/c1-4-9-10-7-2-3-8-5-6(1)7/h1-3,5H. The molecule has 0 atom stereocenters. The summed E-state index contributed by atoms with van der Waals surface area (Å²) in [5.74, 6) is 0. The fourth-order valence-corrected chi connectivity index (χ4v) is 0.783. The minimum absolute atomic E-state index is 0.855. The highest BCUT2D eigenvalue weighted by atomic mass is 15.1. The Labute approximate surface area is 57.7 Å². The summed E-state index contributed by atoms with van der Waals surface area (Å²) in [6.45, 7) is 0. The number of rotatable bonds is 0. The Kier molecular flexibility index (Phi) is 1.07. The normalized spacial score (nSPS) is 10.0. The van der Waals surface area contributed by atoms with Crippen molar-refractivity contribution in [3.63, 3.8) is 0 Å². The van der Waals surface area contributed by atoms with Gasteiger partial charge in [0.1, 0.15) is 6.20 Å². The van der Waals surface area contributed by atoms with Crippen molar-refractivity contribution in [2.75, 3.05) is 0 Å². The molecule has 0 bridgehead atoms. The van der Waals surface area contributed by atoms with Gasteiger partial charge < -0.3 is 0 Å². The first-order chi connectivity index (χ1) is 4.97. The predicted octanol–water partition coefficient (Wildman–Crippen LogP) is 0.825. The van der Waals surface area contributed by atoms with E-state index in [1.165, 1.54) is 0 Å². The molecule has 0 fully saturated rings. The maximum Gasteiger partial charge on any atom is 0.114 e. The average Bonchev–Trinajstić information content (AvgIpc) is 2.05. The first-order valence-electron chi connectivity index (χ1n) is 2.90. The highest BCUT2D eigenvalue weighted by Gasteiger charge is 1.89. The smallest absolute Gasteiger partial charge is 0.114 e. The Balaban J connectivity index is 2.89. The van der Waals surface area contributed by atoms with Gasteiger partial charge in [-0.3, -0.25) is 4.98 Å². The van der Waals surface area contributed by atoms with Gasteiger partial charge in [-0.2, -0.15) is 0 Å². The molecule has 0 aromatic carbocycles. The summed E-state index contributed by atoms with van der Waals surface area (Å²) in [5.41, 5.74) is 0.855. The zero-order valence-corrected chi connectivity index (χ0v) is 5.15. The monoisotopic (exact) mass is 130 g/mol. The summed E-state index contributed by atoms with van der Waals surface area (Å²) in [6, 6.07) is 3.57. The van der Waals surface area contributed by atoms with Crippen molar-refractivity contribution in [2.45, 2.75) is 0 Å².